The Bertz CT molecular complexity index is 428. The van der Waals surface area contributed by atoms with E-state index in [1.807, 2.05) is 0 Å². The number of nitrogens with two attached hydrogens (primary N) is 1. The number of carbonyl (C=O) groups is 1. The number of aromatic carboxylic acids is 1. The van der Waals surface area contributed by atoms with E-state index >= 15 is 0 Å². The van der Waals surface area contributed by atoms with Crippen LogP contribution in [0.15, 0.2) is 0 Å². The molecule has 0 radical (unpaired) electrons. The maximum absolute atomic E-state index is 11.2. The highest BCUT2D eigenvalue weighted by Gasteiger charge is 2.30. The monoisotopic (exact) mass is 239 g/mol. The molecule has 0 saturated heterocycles. The van der Waals surface area contributed by atoms with Gasteiger partial charge in [-0.15, -0.1) is 0 Å². The number of hydrogen-bond acceptors (Lipinski definition) is 4. The van der Waals surface area contributed by atoms with Crippen molar-refractivity contribution in [2.75, 3.05) is 13.2 Å². The molecule has 0 aromatic carbocycles. The fraction of sp³-hybridized carbons (Fsp3) is 0.636. The fourth-order valence-corrected chi connectivity index (χ4v) is 2.54. The van der Waals surface area contributed by atoms with Gasteiger partial charge in [-0.2, -0.15) is 5.10 Å². The van der Waals surface area contributed by atoms with Crippen LogP contribution in [0.2, 0.25) is 0 Å². The van der Waals surface area contributed by atoms with Crippen molar-refractivity contribution in [1.82, 2.24) is 9.78 Å². The van der Waals surface area contributed by atoms with Gasteiger partial charge in [0.2, 0.25) is 0 Å². The molecule has 4 N–H and O–H groups in total. The predicted molar refractivity (Wildman–Crippen MR) is 61.0 cm³/mol. The molecule has 0 saturated carbocycles. The summed E-state index contributed by atoms with van der Waals surface area (Å²) >= 11 is 0. The minimum absolute atomic E-state index is 0.0412. The molecule has 0 fully saturated rings. The van der Waals surface area contributed by atoms with Gasteiger partial charge >= 0.3 is 5.97 Å². The normalized spacial score (nSPS) is 19.1. The first-order valence-electron chi connectivity index (χ1n) is 5.82. The Labute approximate surface area is 99.0 Å². The van der Waals surface area contributed by atoms with Crippen LogP contribution in [0, 0.1) is 0 Å². The third kappa shape index (κ3) is 2.05. The Balaban J connectivity index is 2.50. The van der Waals surface area contributed by atoms with Crippen LogP contribution in [0.1, 0.15) is 40.5 Å². The van der Waals surface area contributed by atoms with Gasteiger partial charge in [-0.3, -0.25) is 4.68 Å². The zero-order valence-electron chi connectivity index (χ0n) is 9.59. The number of aromatic nitrogens is 2. The minimum Gasteiger partial charge on any atom is -0.476 e. The number of carboxylic acids is 1. The molecule has 17 heavy (non-hydrogen) atoms. The maximum atomic E-state index is 11.2. The first-order chi connectivity index (χ1) is 8.19. The van der Waals surface area contributed by atoms with E-state index < -0.39 is 5.97 Å². The Hall–Kier alpha value is -1.40. The lowest BCUT2D eigenvalue weighted by molar-refractivity contribution is 0.0687. The summed E-state index contributed by atoms with van der Waals surface area (Å²) in [7, 11) is 0. The van der Waals surface area contributed by atoms with Crippen molar-refractivity contribution in [3.05, 3.63) is 17.0 Å². The number of fused-ring (bicyclic) bond motifs is 1. The standard InChI is InChI=1S/C11H17N3O3/c12-6-7-2-1-3-8-9(7)10(11(16)17)13-14(8)4-5-15/h7,15H,1-6,12H2,(H,16,17). The second-order valence-electron chi connectivity index (χ2n) is 4.29. The summed E-state index contributed by atoms with van der Waals surface area (Å²) in [5, 5.41) is 22.2. The first kappa shape index (κ1) is 12.1. The van der Waals surface area contributed by atoms with Gasteiger partial charge in [0.1, 0.15) is 0 Å². The van der Waals surface area contributed by atoms with E-state index in [2.05, 4.69) is 5.10 Å². The van der Waals surface area contributed by atoms with E-state index in [4.69, 9.17) is 15.9 Å². The van der Waals surface area contributed by atoms with Gasteiger partial charge in [0.25, 0.3) is 0 Å². The molecule has 0 spiro atoms. The van der Waals surface area contributed by atoms with Crippen LogP contribution >= 0.6 is 0 Å². The van der Waals surface area contributed by atoms with Gasteiger partial charge in [-0.25, -0.2) is 4.79 Å². The zero-order chi connectivity index (χ0) is 12.4. The quantitative estimate of drug-likeness (QED) is 0.684. The van der Waals surface area contributed by atoms with E-state index in [0.717, 1.165) is 30.5 Å². The largest absolute Gasteiger partial charge is 0.476 e. The summed E-state index contributed by atoms with van der Waals surface area (Å²) in [5.41, 5.74) is 7.50. The van der Waals surface area contributed by atoms with Crippen molar-refractivity contribution in [3.63, 3.8) is 0 Å². The van der Waals surface area contributed by atoms with Crippen molar-refractivity contribution in [2.24, 2.45) is 5.73 Å². The van der Waals surface area contributed by atoms with Crippen LogP contribution in [0.4, 0.5) is 0 Å². The van der Waals surface area contributed by atoms with E-state index in [9.17, 15) is 4.79 Å². The van der Waals surface area contributed by atoms with Crippen molar-refractivity contribution in [2.45, 2.75) is 31.7 Å². The highest BCUT2D eigenvalue weighted by Crippen LogP contribution is 2.33. The van der Waals surface area contributed by atoms with E-state index in [1.165, 1.54) is 0 Å². The van der Waals surface area contributed by atoms with E-state index in [1.54, 1.807) is 4.68 Å². The zero-order valence-corrected chi connectivity index (χ0v) is 9.59. The van der Waals surface area contributed by atoms with Gasteiger partial charge < -0.3 is 15.9 Å². The minimum atomic E-state index is -1.02. The fourth-order valence-electron chi connectivity index (χ4n) is 2.54. The number of aliphatic hydroxyl groups is 1. The third-order valence-corrected chi connectivity index (χ3v) is 3.27. The molecule has 1 heterocycles. The summed E-state index contributed by atoms with van der Waals surface area (Å²) < 4.78 is 1.61. The van der Waals surface area contributed by atoms with Crippen LogP contribution in [-0.2, 0) is 13.0 Å². The van der Waals surface area contributed by atoms with Crippen LogP contribution in [0.25, 0.3) is 0 Å². The second-order valence-corrected chi connectivity index (χ2v) is 4.29. The molecule has 6 heteroatoms. The molecule has 0 aliphatic heterocycles. The predicted octanol–water partition coefficient (Wildman–Crippen LogP) is -0.0478. The van der Waals surface area contributed by atoms with Crippen molar-refractivity contribution < 1.29 is 15.0 Å². The first-order valence-corrected chi connectivity index (χ1v) is 5.82. The molecule has 6 nitrogen and oxygen atoms in total. The molecule has 1 aliphatic carbocycles. The Morgan fingerprint density at radius 2 is 2.35 bits per heavy atom. The molecule has 1 aliphatic rings. The third-order valence-electron chi connectivity index (χ3n) is 3.27. The molecular formula is C11H17N3O3. The second kappa shape index (κ2) is 4.85. The van der Waals surface area contributed by atoms with Crippen molar-refractivity contribution in [1.29, 1.82) is 0 Å². The molecule has 0 amide bonds. The lowest BCUT2D eigenvalue weighted by Crippen LogP contribution is -2.20. The summed E-state index contributed by atoms with van der Waals surface area (Å²) in [5.74, 6) is -0.935. The van der Waals surface area contributed by atoms with Gasteiger partial charge in [-0.1, -0.05) is 0 Å². The Morgan fingerprint density at radius 3 is 2.94 bits per heavy atom. The average Bonchev–Trinajstić information content (AvgIpc) is 2.69. The number of aliphatic hydroxyl groups excluding tert-OH is 1. The molecule has 1 aromatic heterocycles. The molecule has 1 aromatic rings. The smallest absolute Gasteiger partial charge is 0.356 e. The Morgan fingerprint density at radius 1 is 1.59 bits per heavy atom. The van der Waals surface area contributed by atoms with Crippen LogP contribution in [-0.4, -0.2) is 39.1 Å². The van der Waals surface area contributed by atoms with E-state index in [0.29, 0.717) is 13.1 Å². The summed E-state index contributed by atoms with van der Waals surface area (Å²) in [6.07, 6.45) is 2.71. The van der Waals surface area contributed by atoms with Crippen LogP contribution in [0.3, 0.4) is 0 Å². The number of nitrogens with zero attached hydrogens (tertiary/aromatic N) is 2. The number of hydrogen-bond donors (Lipinski definition) is 3. The molecule has 0 bridgehead atoms. The molecule has 1 unspecified atom stereocenters. The maximum Gasteiger partial charge on any atom is 0.356 e. The number of carboxylic acid groups (broad SMARTS) is 1. The van der Waals surface area contributed by atoms with Crippen molar-refractivity contribution >= 4 is 5.97 Å². The van der Waals surface area contributed by atoms with Gasteiger partial charge in [0, 0.05) is 17.2 Å². The summed E-state index contributed by atoms with van der Waals surface area (Å²) in [6.45, 7) is 0.742. The van der Waals surface area contributed by atoms with Gasteiger partial charge in [0.15, 0.2) is 5.69 Å². The lowest BCUT2D eigenvalue weighted by atomic mass is 9.85. The summed E-state index contributed by atoms with van der Waals surface area (Å²) in [6, 6.07) is 0. The molecule has 1 atom stereocenters. The highest BCUT2D eigenvalue weighted by atomic mass is 16.4. The van der Waals surface area contributed by atoms with Crippen molar-refractivity contribution in [3.8, 4) is 0 Å². The summed E-state index contributed by atoms with van der Waals surface area (Å²) in [4.78, 5) is 11.2. The van der Waals surface area contributed by atoms with Crippen LogP contribution in [0.5, 0.6) is 0 Å². The molecule has 2 rings (SSSR count). The van der Waals surface area contributed by atoms with E-state index in [-0.39, 0.29) is 18.2 Å². The lowest BCUT2D eigenvalue weighted by Gasteiger charge is -2.22. The van der Waals surface area contributed by atoms with Crippen LogP contribution < -0.4 is 5.73 Å². The number of rotatable bonds is 4. The highest BCUT2D eigenvalue weighted by molar-refractivity contribution is 5.87. The molecular weight excluding hydrogens is 222 g/mol. The van der Waals surface area contributed by atoms with Gasteiger partial charge in [0.05, 0.1) is 13.2 Å². The van der Waals surface area contributed by atoms with Gasteiger partial charge in [-0.05, 0) is 25.8 Å². The SMILES string of the molecule is NCC1CCCc2c1c(C(=O)O)nn2CCO. The Kier molecular flexibility index (Phi) is 3.44. The molecule has 94 valence electrons. The topological polar surface area (TPSA) is 101 Å². The average molecular weight is 239 g/mol.